The van der Waals surface area contributed by atoms with Crippen molar-refractivity contribution in [2.45, 2.75) is 61.4 Å². The van der Waals surface area contributed by atoms with Crippen molar-refractivity contribution in [2.24, 2.45) is 0 Å². The highest BCUT2D eigenvalue weighted by atomic mass is 17.0. The maximum absolute atomic E-state index is 11.3. The predicted molar refractivity (Wildman–Crippen MR) is 113 cm³/mol. The van der Waals surface area contributed by atoms with Crippen LogP contribution in [-0.4, -0.2) is 119 Å². The van der Waals surface area contributed by atoms with E-state index in [4.69, 9.17) is 23.7 Å². The third kappa shape index (κ3) is 9.52. The Morgan fingerprint density at radius 1 is 0.488 bits per heavy atom. The maximum atomic E-state index is 11.3. The van der Waals surface area contributed by atoms with Crippen LogP contribution in [0.4, 0.5) is 0 Å². The molecule has 0 aliphatic carbocycles. The van der Waals surface area contributed by atoms with Crippen molar-refractivity contribution >= 4 is 0 Å². The molecule has 2 saturated heterocycles. The number of hydrogen-bond donors (Lipinski definition) is 0. The average molecular weight is 640 g/mol. The highest BCUT2D eigenvalue weighted by molar-refractivity contribution is 4.96. The van der Waals surface area contributed by atoms with Crippen molar-refractivity contribution < 1.29 is 83.2 Å². The second-order valence-corrected chi connectivity index (χ2v) is 7.84. The quantitative estimate of drug-likeness (QED) is 0.108. The molecule has 2 aliphatic heterocycles. The van der Waals surface area contributed by atoms with E-state index in [2.05, 4.69) is 29.0 Å². The second-order valence-electron chi connectivity index (χ2n) is 7.84. The van der Waals surface area contributed by atoms with Gasteiger partial charge in [-0.1, -0.05) is 0 Å². The molecule has 0 spiro atoms. The minimum absolute atomic E-state index is 0.881. The van der Waals surface area contributed by atoms with Crippen LogP contribution in [-0.2, 0) is 52.7 Å². The van der Waals surface area contributed by atoms with Crippen LogP contribution < -0.4 is 0 Å². The Morgan fingerprint density at radius 2 is 0.860 bits per heavy atom. The van der Waals surface area contributed by atoms with E-state index < -0.39 is 105 Å². The summed E-state index contributed by atoms with van der Waals surface area (Å²) in [5, 5.41) is 57.9. The summed E-state index contributed by atoms with van der Waals surface area (Å²) in [4.78, 5) is 92.6. The smallest absolute Gasteiger partial charge is 0.295 e. The van der Waals surface area contributed by atoms with E-state index >= 15 is 0 Å². The van der Waals surface area contributed by atoms with E-state index in [0.29, 0.717) is 0 Å². The van der Waals surface area contributed by atoms with E-state index in [1.165, 1.54) is 0 Å². The molecule has 0 bridgehead atoms. The van der Waals surface area contributed by atoms with Gasteiger partial charge in [0.1, 0.15) is 37.6 Å². The lowest BCUT2D eigenvalue weighted by atomic mass is 9.96. The van der Waals surface area contributed by atoms with Crippen LogP contribution >= 0.6 is 0 Å². The van der Waals surface area contributed by atoms with Gasteiger partial charge in [-0.25, -0.2) is 0 Å². The van der Waals surface area contributed by atoms with Gasteiger partial charge in [0.15, 0.2) is 37.0 Å². The van der Waals surface area contributed by atoms with Crippen LogP contribution in [0.15, 0.2) is 0 Å². The van der Waals surface area contributed by atoms with E-state index in [1.807, 2.05) is 0 Å². The molecule has 0 N–H and O–H groups in total. The molecule has 2 heterocycles. The van der Waals surface area contributed by atoms with Crippen molar-refractivity contribution in [2.75, 3.05) is 27.4 Å². The van der Waals surface area contributed by atoms with Gasteiger partial charge in [0.05, 0.1) is 0 Å². The molecule has 0 aromatic rings. The van der Waals surface area contributed by atoms with Crippen LogP contribution in [0.3, 0.4) is 0 Å². The highest BCUT2D eigenvalue weighted by Crippen LogP contribution is 2.35. The number of methoxy groups -OCH3 is 2. The first-order valence-electron chi connectivity index (χ1n) is 11.0. The van der Waals surface area contributed by atoms with Crippen LogP contribution in [0, 0.1) is 60.7 Å². The average Bonchev–Trinajstić information content (AvgIpc) is 2.89. The summed E-state index contributed by atoms with van der Waals surface area (Å²) in [5.41, 5.74) is 0. The molecule has 0 amide bonds. The number of nitrogens with zero attached hydrogens (tertiary/aromatic N) is 6. The molecule has 29 heteroatoms. The SMILES string of the molecule is CO[C@@H]1OC(CO[N+](=O)[O-])[C@@H](O[C@@H]2OC(CO[N+](=O)[O-])[C@@H](OC)[C@@H](O[N+](=O)[O-])C2O[N+](=O)[O-])C(O[N+](=O)[O-])C1O[N+](=O)[O-]. The maximum Gasteiger partial charge on any atom is 0.295 e. The summed E-state index contributed by atoms with van der Waals surface area (Å²) in [6.45, 7) is -2.26. The molecule has 0 radical (unpaired) electrons. The van der Waals surface area contributed by atoms with E-state index in [9.17, 15) is 60.7 Å². The van der Waals surface area contributed by atoms with Crippen molar-refractivity contribution in [1.29, 1.82) is 0 Å². The van der Waals surface area contributed by atoms with Crippen LogP contribution in [0.5, 0.6) is 0 Å². The minimum atomic E-state index is -2.40. The fourth-order valence-electron chi connectivity index (χ4n) is 4.06. The first-order valence-corrected chi connectivity index (χ1v) is 11.0. The molecule has 244 valence electrons. The first kappa shape index (κ1) is 34.2. The van der Waals surface area contributed by atoms with Gasteiger partial charge in [-0.15, -0.1) is 60.7 Å². The third-order valence-corrected chi connectivity index (χ3v) is 5.50. The fraction of sp³-hybridized carbons (Fsp3) is 1.00. The monoisotopic (exact) mass is 640 g/mol. The summed E-state index contributed by atoms with van der Waals surface area (Å²) in [6.07, 6.45) is -21.2. The van der Waals surface area contributed by atoms with E-state index in [1.54, 1.807) is 0 Å². The van der Waals surface area contributed by atoms with Gasteiger partial charge in [0, 0.05) is 14.2 Å². The lowest BCUT2D eigenvalue weighted by Crippen LogP contribution is -2.67. The predicted octanol–water partition coefficient (Wildman–Crippen LogP) is -2.79. The van der Waals surface area contributed by atoms with Gasteiger partial charge in [-0.2, -0.15) is 0 Å². The second kappa shape index (κ2) is 15.3. The molecular formula is C14H20N6O23. The zero-order chi connectivity index (χ0) is 32.4. The molecule has 0 saturated carbocycles. The van der Waals surface area contributed by atoms with E-state index in [0.717, 1.165) is 14.2 Å². The molecule has 0 aromatic heterocycles. The Morgan fingerprint density at radius 3 is 1.26 bits per heavy atom. The highest BCUT2D eigenvalue weighted by Gasteiger charge is 2.57. The summed E-state index contributed by atoms with van der Waals surface area (Å²) < 4.78 is 26.0. The number of hydrogen-bond acceptors (Lipinski definition) is 23. The van der Waals surface area contributed by atoms with Gasteiger partial charge >= 0.3 is 0 Å². The van der Waals surface area contributed by atoms with Gasteiger partial charge in [0.25, 0.3) is 30.5 Å². The zero-order valence-corrected chi connectivity index (χ0v) is 21.3. The molecular weight excluding hydrogens is 620 g/mol. The van der Waals surface area contributed by atoms with Crippen molar-refractivity contribution in [3.63, 3.8) is 0 Å². The van der Waals surface area contributed by atoms with Crippen molar-refractivity contribution in [3.8, 4) is 0 Å². The molecule has 2 fully saturated rings. The Hall–Kier alpha value is -5.00. The first-order chi connectivity index (χ1) is 20.2. The Labute approximate surface area is 233 Å². The normalized spacial score (nSPS) is 32.0. The zero-order valence-electron chi connectivity index (χ0n) is 21.3. The van der Waals surface area contributed by atoms with Crippen molar-refractivity contribution in [1.82, 2.24) is 0 Å². The summed E-state index contributed by atoms with van der Waals surface area (Å²) in [7, 11) is 1.77. The Balaban J connectivity index is 2.64. The van der Waals surface area contributed by atoms with Crippen molar-refractivity contribution in [3.05, 3.63) is 60.7 Å². The summed E-state index contributed by atoms with van der Waals surface area (Å²) in [5.74, 6) is 0. The number of ether oxygens (including phenoxy) is 5. The van der Waals surface area contributed by atoms with Gasteiger partial charge in [-0.3, -0.25) is 0 Å². The summed E-state index contributed by atoms with van der Waals surface area (Å²) in [6, 6.07) is 0. The molecule has 10 atom stereocenters. The van der Waals surface area contributed by atoms with Crippen LogP contribution in [0.2, 0.25) is 0 Å². The van der Waals surface area contributed by atoms with Gasteiger partial charge in [0.2, 0.25) is 0 Å². The minimum Gasteiger partial charge on any atom is -0.376 e. The van der Waals surface area contributed by atoms with Crippen LogP contribution in [0.1, 0.15) is 0 Å². The molecule has 0 aromatic carbocycles. The Kier molecular flexibility index (Phi) is 12.2. The lowest BCUT2D eigenvalue weighted by Gasteiger charge is -2.47. The van der Waals surface area contributed by atoms with Gasteiger partial charge in [-0.05, 0) is 0 Å². The Bertz CT molecular complexity index is 1030. The molecule has 5 unspecified atom stereocenters. The molecule has 2 aliphatic rings. The fourth-order valence-corrected chi connectivity index (χ4v) is 4.06. The summed E-state index contributed by atoms with van der Waals surface area (Å²) >= 11 is 0. The molecule has 43 heavy (non-hydrogen) atoms. The van der Waals surface area contributed by atoms with Crippen LogP contribution in [0.25, 0.3) is 0 Å². The van der Waals surface area contributed by atoms with Gasteiger partial charge < -0.3 is 52.7 Å². The number of rotatable bonds is 18. The standard InChI is InChI=1S/C14H20N6O23/c1-33-7-5(3-35-15(21)22)38-14(12(43-20(31)32)9(7)40-17(25)26)39-8-6(4-36-16(23)24)37-13(34-2)11(42-19(29)30)10(8)41-18(27)28/h5-14H,3-4H2,1-2H3/t5?,6?,7-,8-,9-,10?,11?,12?,13-,14+/m1/s1. The third-order valence-electron chi connectivity index (χ3n) is 5.50. The molecule has 29 nitrogen and oxygen atoms in total. The topological polar surface area (TPSA) is 360 Å². The van der Waals surface area contributed by atoms with E-state index in [-0.39, 0.29) is 0 Å². The largest absolute Gasteiger partial charge is 0.376 e. The molecule has 2 rings (SSSR count). The lowest BCUT2D eigenvalue weighted by molar-refractivity contribution is -0.811.